The van der Waals surface area contributed by atoms with Crippen molar-refractivity contribution in [2.75, 3.05) is 30.9 Å². The number of hydrogen-bond donors (Lipinski definition) is 1. The van der Waals surface area contributed by atoms with Crippen LogP contribution in [-0.4, -0.2) is 45.2 Å². The summed E-state index contributed by atoms with van der Waals surface area (Å²) in [6, 6.07) is 16.4. The Balaban J connectivity index is 1.51. The Bertz CT molecular complexity index is 1340. The zero-order chi connectivity index (χ0) is 24.5. The van der Waals surface area contributed by atoms with E-state index < -0.39 is 15.9 Å². The van der Waals surface area contributed by atoms with Crippen LogP contribution in [-0.2, 0) is 21.4 Å². The van der Waals surface area contributed by atoms with Gasteiger partial charge in [-0.1, -0.05) is 12.1 Å². The topological polar surface area (TPSA) is 96.0 Å². The minimum absolute atomic E-state index is 0.0853. The van der Waals surface area contributed by atoms with Crippen molar-refractivity contribution in [3.05, 3.63) is 83.7 Å². The summed E-state index contributed by atoms with van der Waals surface area (Å²) in [5, 5.41) is 2.75. The van der Waals surface area contributed by atoms with Crippen molar-refractivity contribution in [2.24, 2.45) is 0 Å². The Labute approximate surface area is 196 Å². The molecule has 0 atom stereocenters. The standard InChI is InChI=1S/C24H22FN3O5S/c1-27(2)34(31,32)20-10-5-17(6-11-20)24(30)26-19-9-12-21-22(13-19)33-15-23(29)28(21)14-16-3-7-18(25)8-4-16/h3-13H,14-15H2,1-2H3,(H,26,30). The molecule has 0 unspecified atom stereocenters. The molecule has 0 bridgehead atoms. The number of anilines is 2. The van der Waals surface area contributed by atoms with E-state index in [0.29, 0.717) is 17.1 Å². The predicted octanol–water partition coefficient (Wildman–Crippen LogP) is 3.25. The number of halogens is 1. The van der Waals surface area contributed by atoms with Crippen LogP contribution in [0.4, 0.5) is 15.8 Å². The molecule has 4 rings (SSSR count). The number of rotatable bonds is 6. The molecular formula is C24H22FN3O5S. The van der Waals surface area contributed by atoms with Crippen molar-refractivity contribution >= 4 is 33.2 Å². The number of fused-ring (bicyclic) bond motifs is 1. The highest BCUT2D eigenvalue weighted by Gasteiger charge is 2.26. The number of nitrogens with zero attached hydrogens (tertiary/aromatic N) is 2. The summed E-state index contributed by atoms with van der Waals surface area (Å²) in [6.07, 6.45) is 0. The van der Waals surface area contributed by atoms with E-state index >= 15 is 0 Å². The molecule has 0 aromatic heterocycles. The van der Waals surface area contributed by atoms with E-state index in [1.165, 1.54) is 50.5 Å². The van der Waals surface area contributed by atoms with Gasteiger partial charge in [0.1, 0.15) is 11.6 Å². The van der Waals surface area contributed by atoms with Crippen LogP contribution in [0.5, 0.6) is 5.75 Å². The van der Waals surface area contributed by atoms with E-state index in [-0.39, 0.29) is 35.3 Å². The molecule has 34 heavy (non-hydrogen) atoms. The lowest BCUT2D eigenvalue weighted by atomic mass is 10.1. The summed E-state index contributed by atoms with van der Waals surface area (Å²) in [7, 11) is -0.723. The summed E-state index contributed by atoms with van der Waals surface area (Å²) in [4.78, 5) is 26.7. The van der Waals surface area contributed by atoms with Gasteiger partial charge < -0.3 is 15.0 Å². The summed E-state index contributed by atoms with van der Waals surface area (Å²) >= 11 is 0. The van der Waals surface area contributed by atoms with E-state index in [1.807, 2.05) is 0 Å². The largest absolute Gasteiger partial charge is 0.481 e. The molecule has 0 saturated heterocycles. The fraction of sp³-hybridized carbons (Fsp3) is 0.167. The quantitative estimate of drug-likeness (QED) is 0.581. The number of benzene rings is 3. The third-order valence-corrected chi connectivity index (χ3v) is 7.14. The van der Waals surface area contributed by atoms with Gasteiger partial charge in [0.05, 0.1) is 17.1 Å². The van der Waals surface area contributed by atoms with Crippen molar-refractivity contribution in [1.82, 2.24) is 4.31 Å². The first-order valence-electron chi connectivity index (χ1n) is 10.3. The molecule has 0 aliphatic carbocycles. The van der Waals surface area contributed by atoms with Gasteiger partial charge in [-0.25, -0.2) is 17.1 Å². The summed E-state index contributed by atoms with van der Waals surface area (Å²) in [6.45, 7) is 0.0940. The van der Waals surface area contributed by atoms with Crippen LogP contribution in [0, 0.1) is 5.82 Å². The molecule has 10 heteroatoms. The van der Waals surface area contributed by atoms with Gasteiger partial charge in [0.2, 0.25) is 10.0 Å². The van der Waals surface area contributed by atoms with E-state index in [0.717, 1.165) is 9.87 Å². The number of nitrogens with one attached hydrogen (secondary N) is 1. The normalized spacial score (nSPS) is 13.4. The van der Waals surface area contributed by atoms with Gasteiger partial charge in [0, 0.05) is 31.4 Å². The van der Waals surface area contributed by atoms with Crippen LogP contribution in [0.3, 0.4) is 0 Å². The Morgan fingerprint density at radius 2 is 1.74 bits per heavy atom. The van der Waals surface area contributed by atoms with Gasteiger partial charge in [-0.2, -0.15) is 0 Å². The van der Waals surface area contributed by atoms with E-state index in [2.05, 4.69) is 5.32 Å². The fourth-order valence-electron chi connectivity index (χ4n) is 3.42. The zero-order valence-corrected chi connectivity index (χ0v) is 19.3. The fourth-order valence-corrected chi connectivity index (χ4v) is 4.32. The first-order chi connectivity index (χ1) is 16.1. The van der Waals surface area contributed by atoms with E-state index in [4.69, 9.17) is 4.74 Å². The van der Waals surface area contributed by atoms with Crippen molar-refractivity contribution in [3.63, 3.8) is 0 Å². The minimum Gasteiger partial charge on any atom is -0.481 e. The van der Waals surface area contributed by atoms with Crippen LogP contribution in [0.1, 0.15) is 15.9 Å². The molecule has 0 radical (unpaired) electrons. The second kappa shape index (κ2) is 9.24. The molecule has 1 aliphatic rings. The number of carbonyl (C=O) groups is 2. The first kappa shape index (κ1) is 23.4. The highest BCUT2D eigenvalue weighted by Crippen LogP contribution is 2.35. The van der Waals surface area contributed by atoms with Crippen LogP contribution < -0.4 is 15.0 Å². The van der Waals surface area contributed by atoms with Gasteiger partial charge in [-0.05, 0) is 54.1 Å². The molecule has 0 saturated carbocycles. The van der Waals surface area contributed by atoms with Gasteiger partial charge in [0.15, 0.2) is 6.61 Å². The maximum Gasteiger partial charge on any atom is 0.265 e. The van der Waals surface area contributed by atoms with Crippen molar-refractivity contribution in [1.29, 1.82) is 0 Å². The van der Waals surface area contributed by atoms with E-state index in [1.54, 1.807) is 35.2 Å². The Morgan fingerprint density at radius 3 is 2.38 bits per heavy atom. The molecule has 1 heterocycles. The second-order valence-corrected chi connectivity index (χ2v) is 10.00. The lowest BCUT2D eigenvalue weighted by molar-refractivity contribution is -0.121. The van der Waals surface area contributed by atoms with Crippen LogP contribution in [0.15, 0.2) is 71.6 Å². The number of ether oxygens (including phenoxy) is 1. The smallest absolute Gasteiger partial charge is 0.265 e. The summed E-state index contributed by atoms with van der Waals surface area (Å²) in [5.74, 6) is -0.594. The molecule has 3 aromatic rings. The third-order valence-electron chi connectivity index (χ3n) is 5.31. The molecular weight excluding hydrogens is 461 g/mol. The predicted molar refractivity (Wildman–Crippen MR) is 125 cm³/mol. The van der Waals surface area contributed by atoms with E-state index in [9.17, 15) is 22.4 Å². The maximum absolute atomic E-state index is 13.2. The molecule has 1 N–H and O–H groups in total. The molecule has 3 aromatic carbocycles. The average Bonchev–Trinajstić information content (AvgIpc) is 2.82. The van der Waals surface area contributed by atoms with Gasteiger partial charge in [0.25, 0.3) is 11.8 Å². The molecule has 0 spiro atoms. The van der Waals surface area contributed by atoms with Gasteiger partial charge in [-0.15, -0.1) is 0 Å². The number of hydrogen-bond acceptors (Lipinski definition) is 5. The first-order valence-corrected chi connectivity index (χ1v) is 11.7. The summed E-state index contributed by atoms with van der Waals surface area (Å²) in [5.41, 5.74) is 2.03. The van der Waals surface area contributed by atoms with Crippen LogP contribution in [0.25, 0.3) is 0 Å². The van der Waals surface area contributed by atoms with Crippen LogP contribution in [0.2, 0.25) is 0 Å². The third kappa shape index (κ3) is 4.78. The highest BCUT2D eigenvalue weighted by atomic mass is 32.2. The Kier molecular flexibility index (Phi) is 6.36. The zero-order valence-electron chi connectivity index (χ0n) is 18.5. The average molecular weight is 484 g/mol. The van der Waals surface area contributed by atoms with Gasteiger partial charge >= 0.3 is 0 Å². The molecule has 8 nitrogen and oxygen atoms in total. The lowest BCUT2D eigenvalue weighted by Gasteiger charge is -2.29. The SMILES string of the molecule is CN(C)S(=O)(=O)c1ccc(C(=O)Nc2ccc3c(c2)OCC(=O)N3Cc2ccc(F)cc2)cc1. The monoisotopic (exact) mass is 483 g/mol. The highest BCUT2D eigenvalue weighted by molar-refractivity contribution is 7.89. The van der Waals surface area contributed by atoms with Gasteiger partial charge in [-0.3, -0.25) is 9.59 Å². The number of amides is 2. The molecule has 0 fully saturated rings. The van der Waals surface area contributed by atoms with Crippen molar-refractivity contribution < 1.29 is 27.1 Å². The maximum atomic E-state index is 13.2. The second-order valence-electron chi connectivity index (χ2n) is 7.84. The number of carbonyl (C=O) groups excluding carboxylic acids is 2. The van der Waals surface area contributed by atoms with Crippen molar-refractivity contribution in [3.8, 4) is 5.75 Å². The Hall–Kier alpha value is -3.76. The summed E-state index contributed by atoms with van der Waals surface area (Å²) < 4.78 is 44.2. The van der Waals surface area contributed by atoms with Crippen molar-refractivity contribution in [2.45, 2.75) is 11.4 Å². The lowest BCUT2D eigenvalue weighted by Crippen LogP contribution is -2.38. The Morgan fingerprint density at radius 1 is 1.06 bits per heavy atom. The molecule has 1 aliphatic heterocycles. The molecule has 176 valence electrons. The number of sulfonamides is 1. The molecule has 2 amide bonds. The van der Waals surface area contributed by atoms with Crippen LogP contribution >= 0.6 is 0 Å². The minimum atomic E-state index is -3.59.